The molecule has 0 radical (unpaired) electrons. The highest BCUT2D eigenvalue weighted by molar-refractivity contribution is 7.13. The summed E-state index contributed by atoms with van der Waals surface area (Å²) in [4.78, 5) is 17.8. The number of carbonyl (C=O) groups excluding carboxylic acids is 1. The maximum atomic E-state index is 12.5. The summed E-state index contributed by atoms with van der Waals surface area (Å²) in [6.45, 7) is 10.4. The highest BCUT2D eigenvalue weighted by atomic mass is 32.1. The predicted molar refractivity (Wildman–Crippen MR) is 83.3 cm³/mol. The van der Waals surface area contributed by atoms with Gasteiger partial charge in [0.15, 0.2) is 0 Å². The van der Waals surface area contributed by atoms with Gasteiger partial charge in [0.05, 0.1) is 10.7 Å². The van der Waals surface area contributed by atoms with Crippen LogP contribution in [0.4, 0.5) is 0 Å². The molecule has 0 aliphatic carbocycles. The number of nitrogens with one attached hydrogen (secondary N) is 2. The number of piperidine rings is 1. The molecule has 1 amide bonds. The first-order valence-corrected chi connectivity index (χ1v) is 8.27. The second-order valence-electron chi connectivity index (χ2n) is 6.16. The summed E-state index contributed by atoms with van der Waals surface area (Å²) in [5.74, 6) is 1.09. The van der Waals surface area contributed by atoms with Gasteiger partial charge in [-0.25, -0.2) is 4.98 Å². The van der Waals surface area contributed by atoms with Gasteiger partial charge in [-0.05, 0) is 38.1 Å². The van der Waals surface area contributed by atoms with Crippen LogP contribution in [-0.4, -0.2) is 30.0 Å². The molecule has 2 heterocycles. The molecule has 5 heteroatoms. The minimum atomic E-state index is 0.0480. The van der Waals surface area contributed by atoms with Crippen LogP contribution in [0, 0.1) is 18.8 Å². The van der Waals surface area contributed by atoms with Crippen LogP contribution >= 0.6 is 11.3 Å². The molecule has 112 valence electrons. The van der Waals surface area contributed by atoms with Gasteiger partial charge < -0.3 is 10.6 Å². The molecule has 1 aliphatic rings. The Kier molecular flexibility index (Phi) is 5.16. The van der Waals surface area contributed by atoms with E-state index in [9.17, 15) is 4.79 Å². The molecule has 1 fully saturated rings. The first-order chi connectivity index (χ1) is 9.47. The number of aromatic nitrogens is 1. The summed E-state index contributed by atoms with van der Waals surface area (Å²) in [7, 11) is 0. The van der Waals surface area contributed by atoms with Crippen LogP contribution in [0.5, 0.6) is 0 Å². The summed E-state index contributed by atoms with van der Waals surface area (Å²) in [6, 6.07) is 0.227. The highest BCUT2D eigenvalue weighted by Crippen LogP contribution is 2.21. The molecule has 1 aromatic heterocycles. The lowest BCUT2D eigenvalue weighted by Gasteiger charge is -2.30. The van der Waals surface area contributed by atoms with Crippen molar-refractivity contribution in [1.82, 2.24) is 15.6 Å². The van der Waals surface area contributed by atoms with Gasteiger partial charge in [-0.15, -0.1) is 11.3 Å². The normalized spacial score (nSPS) is 23.1. The van der Waals surface area contributed by atoms with Gasteiger partial charge in [-0.1, -0.05) is 20.8 Å². The van der Waals surface area contributed by atoms with E-state index in [4.69, 9.17) is 0 Å². The van der Waals surface area contributed by atoms with Crippen LogP contribution in [0.2, 0.25) is 0 Å². The van der Waals surface area contributed by atoms with Crippen LogP contribution in [0.15, 0.2) is 0 Å². The number of hydrogen-bond acceptors (Lipinski definition) is 4. The van der Waals surface area contributed by atoms with Crippen molar-refractivity contribution in [3.05, 3.63) is 15.6 Å². The van der Waals surface area contributed by atoms with Crippen molar-refractivity contribution in [2.45, 2.75) is 46.6 Å². The molecule has 2 N–H and O–H groups in total. The summed E-state index contributed by atoms with van der Waals surface area (Å²) in [5.41, 5.74) is 0.955. The Morgan fingerprint density at radius 1 is 1.55 bits per heavy atom. The Morgan fingerprint density at radius 3 is 2.95 bits per heavy atom. The van der Waals surface area contributed by atoms with Gasteiger partial charge in [-0.2, -0.15) is 0 Å². The summed E-state index contributed by atoms with van der Waals surface area (Å²) in [6.07, 6.45) is 1.98. The SMILES string of the molecule is Cc1nc(CC(C)C)c(C(=O)NC2CNCCC2C)s1. The number of hydrogen-bond donors (Lipinski definition) is 2. The van der Waals surface area contributed by atoms with Crippen molar-refractivity contribution >= 4 is 17.2 Å². The van der Waals surface area contributed by atoms with Crippen molar-refractivity contribution in [2.24, 2.45) is 11.8 Å². The second-order valence-corrected chi connectivity index (χ2v) is 7.36. The van der Waals surface area contributed by atoms with E-state index in [1.807, 2.05) is 6.92 Å². The predicted octanol–water partition coefficient (Wildman–Crippen LogP) is 2.38. The number of nitrogens with zero attached hydrogens (tertiary/aromatic N) is 1. The standard InChI is InChI=1S/C15H25N3OS/c1-9(2)7-12-14(20-11(4)17-12)15(19)18-13-8-16-6-5-10(13)3/h9-10,13,16H,5-8H2,1-4H3,(H,18,19). The molecular weight excluding hydrogens is 270 g/mol. The quantitative estimate of drug-likeness (QED) is 0.896. The zero-order chi connectivity index (χ0) is 14.7. The fourth-order valence-electron chi connectivity index (χ4n) is 2.59. The molecule has 1 aliphatic heterocycles. The highest BCUT2D eigenvalue weighted by Gasteiger charge is 2.25. The Balaban J connectivity index is 2.08. The lowest BCUT2D eigenvalue weighted by Crippen LogP contribution is -2.50. The van der Waals surface area contributed by atoms with E-state index in [2.05, 4.69) is 36.4 Å². The monoisotopic (exact) mass is 295 g/mol. The van der Waals surface area contributed by atoms with E-state index < -0.39 is 0 Å². The molecule has 2 rings (SSSR count). The summed E-state index contributed by atoms with van der Waals surface area (Å²) < 4.78 is 0. The molecule has 0 saturated carbocycles. The topological polar surface area (TPSA) is 54.0 Å². The zero-order valence-corrected chi connectivity index (χ0v) is 13.6. The lowest BCUT2D eigenvalue weighted by atomic mass is 9.94. The van der Waals surface area contributed by atoms with E-state index in [1.54, 1.807) is 0 Å². The fraction of sp³-hybridized carbons (Fsp3) is 0.733. The van der Waals surface area contributed by atoms with Crippen molar-refractivity contribution < 1.29 is 4.79 Å². The van der Waals surface area contributed by atoms with Gasteiger partial charge >= 0.3 is 0 Å². The number of aryl methyl sites for hydroxylation is 1. The molecule has 2 unspecified atom stereocenters. The number of rotatable bonds is 4. The molecule has 4 nitrogen and oxygen atoms in total. The second kappa shape index (κ2) is 6.68. The maximum absolute atomic E-state index is 12.5. The van der Waals surface area contributed by atoms with Crippen molar-refractivity contribution in [3.8, 4) is 0 Å². The van der Waals surface area contributed by atoms with Gasteiger partial charge in [-0.3, -0.25) is 4.79 Å². The molecule has 0 aromatic carbocycles. The Labute approximate surface area is 125 Å². The third kappa shape index (κ3) is 3.79. The van der Waals surface area contributed by atoms with Crippen molar-refractivity contribution in [2.75, 3.05) is 13.1 Å². The first kappa shape index (κ1) is 15.4. The minimum Gasteiger partial charge on any atom is -0.347 e. The average Bonchev–Trinajstić information content (AvgIpc) is 2.72. The number of carbonyl (C=O) groups is 1. The molecule has 0 spiro atoms. The smallest absolute Gasteiger partial charge is 0.263 e. The van der Waals surface area contributed by atoms with E-state index >= 15 is 0 Å². The van der Waals surface area contributed by atoms with E-state index in [1.165, 1.54) is 11.3 Å². The van der Waals surface area contributed by atoms with Crippen LogP contribution in [0.25, 0.3) is 0 Å². The maximum Gasteiger partial charge on any atom is 0.263 e. The largest absolute Gasteiger partial charge is 0.347 e. The first-order valence-electron chi connectivity index (χ1n) is 7.45. The fourth-order valence-corrected chi connectivity index (χ4v) is 3.44. The van der Waals surface area contributed by atoms with Gasteiger partial charge in [0.25, 0.3) is 5.91 Å². The number of thiazole rings is 1. The Morgan fingerprint density at radius 2 is 2.30 bits per heavy atom. The van der Waals surface area contributed by atoms with Gasteiger partial charge in [0.1, 0.15) is 4.88 Å². The molecule has 0 bridgehead atoms. The zero-order valence-electron chi connectivity index (χ0n) is 12.8. The van der Waals surface area contributed by atoms with Crippen LogP contribution < -0.4 is 10.6 Å². The third-order valence-electron chi connectivity index (χ3n) is 3.76. The molecular formula is C15H25N3OS. The summed E-state index contributed by atoms with van der Waals surface area (Å²) in [5, 5.41) is 7.50. The van der Waals surface area contributed by atoms with E-state index in [0.29, 0.717) is 11.8 Å². The van der Waals surface area contributed by atoms with Crippen molar-refractivity contribution in [1.29, 1.82) is 0 Å². The summed E-state index contributed by atoms with van der Waals surface area (Å²) >= 11 is 1.51. The molecule has 2 atom stereocenters. The lowest BCUT2D eigenvalue weighted by molar-refractivity contribution is 0.0918. The van der Waals surface area contributed by atoms with Gasteiger partial charge in [0.2, 0.25) is 0 Å². The van der Waals surface area contributed by atoms with E-state index in [-0.39, 0.29) is 11.9 Å². The third-order valence-corrected chi connectivity index (χ3v) is 4.77. The molecule has 20 heavy (non-hydrogen) atoms. The van der Waals surface area contributed by atoms with Crippen LogP contribution in [-0.2, 0) is 6.42 Å². The Bertz CT molecular complexity index is 470. The van der Waals surface area contributed by atoms with Crippen LogP contribution in [0.3, 0.4) is 0 Å². The van der Waals surface area contributed by atoms with Gasteiger partial charge in [0, 0.05) is 12.6 Å². The molecule has 1 saturated heterocycles. The van der Waals surface area contributed by atoms with Crippen molar-refractivity contribution in [3.63, 3.8) is 0 Å². The average molecular weight is 295 g/mol. The van der Waals surface area contributed by atoms with E-state index in [0.717, 1.165) is 41.5 Å². The van der Waals surface area contributed by atoms with Crippen LogP contribution in [0.1, 0.15) is 47.6 Å². The molecule has 1 aromatic rings. The Hall–Kier alpha value is -0.940. The minimum absolute atomic E-state index is 0.0480. The number of amides is 1.